The molecule has 0 bridgehead atoms. The summed E-state index contributed by atoms with van der Waals surface area (Å²) in [5, 5.41) is 0. The van der Waals surface area contributed by atoms with Crippen molar-refractivity contribution in [2.75, 3.05) is 18.0 Å². The fourth-order valence-corrected chi connectivity index (χ4v) is 4.47. The maximum absolute atomic E-state index is 13.1. The SMILES string of the molecule is COc1ccc(C)cc1S(=O)(=O)N1CCC(=O)c2ccccc21. The molecule has 0 atom stereocenters. The number of anilines is 1. The van der Waals surface area contributed by atoms with Crippen molar-refractivity contribution in [1.82, 2.24) is 0 Å². The van der Waals surface area contributed by atoms with Gasteiger partial charge in [0.1, 0.15) is 10.6 Å². The second-order valence-electron chi connectivity index (χ2n) is 5.42. The minimum Gasteiger partial charge on any atom is -0.495 e. The number of ketones is 1. The predicted molar refractivity (Wildman–Crippen MR) is 87.7 cm³/mol. The van der Waals surface area contributed by atoms with Crippen molar-refractivity contribution in [2.45, 2.75) is 18.2 Å². The zero-order valence-corrected chi connectivity index (χ0v) is 13.8. The first-order chi connectivity index (χ1) is 10.9. The Hall–Kier alpha value is -2.34. The molecule has 6 heteroatoms. The van der Waals surface area contributed by atoms with E-state index in [1.165, 1.54) is 11.4 Å². The van der Waals surface area contributed by atoms with Crippen LogP contribution in [0.4, 0.5) is 5.69 Å². The molecular weight excluding hydrogens is 314 g/mol. The highest BCUT2D eigenvalue weighted by molar-refractivity contribution is 7.93. The van der Waals surface area contributed by atoms with Gasteiger partial charge in [-0.05, 0) is 36.8 Å². The topological polar surface area (TPSA) is 63.7 Å². The maximum atomic E-state index is 13.1. The van der Waals surface area contributed by atoms with E-state index < -0.39 is 10.0 Å². The van der Waals surface area contributed by atoms with Crippen LogP contribution in [0, 0.1) is 6.92 Å². The number of carbonyl (C=O) groups excluding carboxylic acids is 1. The molecule has 2 aromatic rings. The van der Waals surface area contributed by atoms with Gasteiger partial charge in [-0.25, -0.2) is 8.42 Å². The molecule has 0 fully saturated rings. The molecule has 0 saturated carbocycles. The van der Waals surface area contributed by atoms with Gasteiger partial charge in [-0.15, -0.1) is 0 Å². The van der Waals surface area contributed by atoms with Gasteiger partial charge in [0.2, 0.25) is 0 Å². The molecule has 1 aliphatic heterocycles. The highest BCUT2D eigenvalue weighted by Crippen LogP contribution is 2.35. The average molecular weight is 331 g/mol. The number of Topliss-reactive ketones (excluding diaryl/α,β-unsaturated/α-hetero) is 1. The predicted octanol–water partition coefficient (Wildman–Crippen LogP) is 2.79. The highest BCUT2D eigenvalue weighted by Gasteiger charge is 2.33. The van der Waals surface area contributed by atoms with E-state index in [9.17, 15) is 13.2 Å². The molecule has 23 heavy (non-hydrogen) atoms. The average Bonchev–Trinajstić information content (AvgIpc) is 2.55. The summed E-state index contributed by atoms with van der Waals surface area (Å²) in [6.07, 6.45) is 0.171. The number of methoxy groups -OCH3 is 1. The number of para-hydroxylation sites is 1. The molecule has 0 radical (unpaired) electrons. The third-order valence-electron chi connectivity index (χ3n) is 3.90. The van der Waals surface area contributed by atoms with E-state index in [-0.39, 0.29) is 23.6 Å². The summed E-state index contributed by atoms with van der Waals surface area (Å²) in [5.41, 5.74) is 1.69. The number of benzene rings is 2. The lowest BCUT2D eigenvalue weighted by Crippen LogP contribution is -2.37. The standard InChI is InChI=1S/C17H17NO4S/c1-12-7-8-16(22-2)17(11-12)23(20,21)18-10-9-15(19)13-5-3-4-6-14(13)18/h3-8,11H,9-10H2,1-2H3. The molecule has 3 rings (SSSR count). The summed E-state index contributed by atoms with van der Waals surface area (Å²) >= 11 is 0. The van der Waals surface area contributed by atoms with Gasteiger partial charge in [0.15, 0.2) is 5.78 Å². The van der Waals surface area contributed by atoms with E-state index in [0.29, 0.717) is 17.0 Å². The van der Waals surface area contributed by atoms with Crippen LogP contribution < -0.4 is 9.04 Å². The van der Waals surface area contributed by atoms with E-state index in [1.807, 2.05) is 6.92 Å². The van der Waals surface area contributed by atoms with E-state index in [0.717, 1.165) is 5.56 Å². The monoisotopic (exact) mass is 331 g/mol. The summed E-state index contributed by atoms with van der Waals surface area (Å²) < 4.78 is 32.8. The number of nitrogens with zero attached hydrogens (tertiary/aromatic N) is 1. The Morgan fingerprint density at radius 2 is 1.87 bits per heavy atom. The van der Waals surface area contributed by atoms with Gasteiger partial charge in [0, 0.05) is 18.5 Å². The Kier molecular flexibility index (Phi) is 3.85. The number of carbonyl (C=O) groups is 1. The molecule has 0 aromatic heterocycles. The minimum atomic E-state index is -3.81. The fraction of sp³-hybridized carbons (Fsp3) is 0.235. The van der Waals surface area contributed by atoms with Gasteiger partial charge >= 0.3 is 0 Å². The minimum absolute atomic E-state index is 0.0387. The van der Waals surface area contributed by atoms with Crippen LogP contribution in [0.25, 0.3) is 0 Å². The van der Waals surface area contributed by atoms with Gasteiger partial charge < -0.3 is 4.74 Å². The van der Waals surface area contributed by atoms with Crippen LogP contribution in [0.15, 0.2) is 47.4 Å². The van der Waals surface area contributed by atoms with Crippen LogP contribution in [0.3, 0.4) is 0 Å². The third kappa shape index (κ3) is 2.59. The summed E-state index contributed by atoms with van der Waals surface area (Å²) in [4.78, 5) is 12.1. The summed E-state index contributed by atoms with van der Waals surface area (Å²) in [5.74, 6) is 0.258. The zero-order valence-electron chi connectivity index (χ0n) is 12.9. The lowest BCUT2D eigenvalue weighted by atomic mass is 10.0. The molecular formula is C17H17NO4S. The Bertz CT molecular complexity index is 874. The van der Waals surface area contributed by atoms with Crippen LogP contribution in [-0.2, 0) is 10.0 Å². The smallest absolute Gasteiger partial charge is 0.268 e. The van der Waals surface area contributed by atoms with E-state index in [4.69, 9.17) is 4.74 Å². The van der Waals surface area contributed by atoms with Crippen molar-refractivity contribution in [3.05, 3.63) is 53.6 Å². The normalized spacial score (nSPS) is 14.5. The van der Waals surface area contributed by atoms with Gasteiger partial charge in [0.25, 0.3) is 10.0 Å². The second-order valence-corrected chi connectivity index (χ2v) is 7.25. The van der Waals surface area contributed by atoms with Crippen molar-refractivity contribution in [1.29, 1.82) is 0 Å². The van der Waals surface area contributed by atoms with Crippen LogP contribution in [0.1, 0.15) is 22.3 Å². The number of rotatable bonds is 3. The van der Waals surface area contributed by atoms with Crippen molar-refractivity contribution < 1.29 is 17.9 Å². The lowest BCUT2D eigenvalue weighted by molar-refractivity contribution is 0.0982. The fourth-order valence-electron chi connectivity index (χ4n) is 2.74. The van der Waals surface area contributed by atoms with Gasteiger partial charge in [-0.2, -0.15) is 0 Å². The molecule has 0 N–H and O–H groups in total. The summed E-state index contributed by atoms with van der Waals surface area (Å²) in [6, 6.07) is 11.8. The van der Waals surface area contributed by atoms with E-state index in [2.05, 4.69) is 0 Å². The van der Waals surface area contributed by atoms with Crippen molar-refractivity contribution in [3.63, 3.8) is 0 Å². The maximum Gasteiger partial charge on any atom is 0.268 e. The van der Waals surface area contributed by atoms with Gasteiger partial charge in [-0.1, -0.05) is 18.2 Å². The molecule has 5 nitrogen and oxygen atoms in total. The van der Waals surface area contributed by atoms with Crippen LogP contribution >= 0.6 is 0 Å². The number of hydrogen-bond acceptors (Lipinski definition) is 4. The lowest BCUT2D eigenvalue weighted by Gasteiger charge is -2.30. The molecule has 0 aliphatic carbocycles. The molecule has 0 unspecified atom stereocenters. The number of ether oxygens (including phenoxy) is 1. The Balaban J connectivity index is 2.17. The second kappa shape index (κ2) is 5.70. The summed E-state index contributed by atoms with van der Waals surface area (Å²) in [6.45, 7) is 1.96. The molecule has 0 saturated heterocycles. The van der Waals surface area contributed by atoms with Crippen molar-refractivity contribution in [3.8, 4) is 5.75 Å². The zero-order chi connectivity index (χ0) is 16.6. The van der Waals surface area contributed by atoms with Gasteiger partial charge in [0.05, 0.1) is 12.8 Å². The van der Waals surface area contributed by atoms with Crippen molar-refractivity contribution in [2.24, 2.45) is 0 Å². The number of sulfonamides is 1. The Morgan fingerprint density at radius 1 is 1.13 bits per heavy atom. The Morgan fingerprint density at radius 3 is 2.61 bits per heavy atom. The number of fused-ring (bicyclic) bond motifs is 1. The van der Waals surface area contributed by atoms with E-state index >= 15 is 0 Å². The van der Waals surface area contributed by atoms with E-state index in [1.54, 1.807) is 42.5 Å². The third-order valence-corrected chi connectivity index (χ3v) is 5.74. The molecule has 2 aromatic carbocycles. The Labute approximate surface area is 135 Å². The highest BCUT2D eigenvalue weighted by atomic mass is 32.2. The molecule has 1 heterocycles. The summed E-state index contributed by atoms with van der Waals surface area (Å²) in [7, 11) is -2.37. The molecule has 1 aliphatic rings. The quantitative estimate of drug-likeness (QED) is 0.867. The molecule has 0 amide bonds. The number of aryl methyl sites for hydroxylation is 1. The molecule has 0 spiro atoms. The first-order valence-electron chi connectivity index (χ1n) is 7.25. The van der Waals surface area contributed by atoms with Crippen LogP contribution in [-0.4, -0.2) is 27.9 Å². The number of hydrogen-bond donors (Lipinski definition) is 0. The van der Waals surface area contributed by atoms with Crippen LogP contribution in [0.2, 0.25) is 0 Å². The first-order valence-corrected chi connectivity index (χ1v) is 8.69. The molecule has 120 valence electrons. The van der Waals surface area contributed by atoms with Gasteiger partial charge in [-0.3, -0.25) is 9.10 Å². The van der Waals surface area contributed by atoms with Crippen LogP contribution in [0.5, 0.6) is 5.75 Å². The largest absolute Gasteiger partial charge is 0.495 e. The van der Waals surface area contributed by atoms with Crippen molar-refractivity contribution >= 4 is 21.5 Å². The first kappa shape index (κ1) is 15.6.